The highest BCUT2D eigenvalue weighted by Crippen LogP contribution is 2.45. The third-order valence-corrected chi connectivity index (χ3v) is 12.5. The number of pyridine rings is 1. The van der Waals surface area contributed by atoms with Crippen molar-refractivity contribution in [2.75, 3.05) is 0 Å². The molecular formula is C51H29NOS. The number of rotatable bonds is 3. The summed E-state index contributed by atoms with van der Waals surface area (Å²) in [5.41, 5.74) is 9.69. The first-order valence-corrected chi connectivity index (χ1v) is 19.2. The van der Waals surface area contributed by atoms with Gasteiger partial charge in [0.1, 0.15) is 11.2 Å². The Kier molecular flexibility index (Phi) is 6.25. The average Bonchev–Trinajstić information content (AvgIpc) is 3.82. The van der Waals surface area contributed by atoms with Gasteiger partial charge < -0.3 is 4.42 Å². The molecule has 0 fully saturated rings. The molecule has 0 atom stereocenters. The van der Waals surface area contributed by atoms with Gasteiger partial charge in [-0.3, -0.25) is 0 Å². The Morgan fingerprint density at radius 1 is 0.389 bits per heavy atom. The number of para-hydroxylation sites is 1. The second kappa shape index (κ2) is 11.3. The van der Waals surface area contributed by atoms with Gasteiger partial charge in [-0.2, -0.15) is 0 Å². The summed E-state index contributed by atoms with van der Waals surface area (Å²) in [7, 11) is 0. The second-order valence-electron chi connectivity index (χ2n) is 14.2. The van der Waals surface area contributed by atoms with Crippen LogP contribution in [0, 0.1) is 0 Å². The van der Waals surface area contributed by atoms with E-state index in [0.717, 1.165) is 55.0 Å². The van der Waals surface area contributed by atoms with Gasteiger partial charge in [-0.05, 0) is 86.3 Å². The summed E-state index contributed by atoms with van der Waals surface area (Å²) in [6, 6.07) is 63.6. The number of furan rings is 1. The third-order valence-electron chi connectivity index (χ3n) is 11.3. The maximum atomic E-state index is 6.48. The molecule has 3 heterocycles. The molecule has 0 unspecified atom stereocenters. The van der Waals surface area contributed by atoms with Crippen molar-refractivity contribution in [3.8, 4) is 33.5 Å². The highest BCUT2D eigenvalue weighted by Gasteiger charge is 2.20. The van der Waals surface area contributed by atoms with Crippen LogP contribution in [0.4, 0.5) is 0 Å². The maximum Gasteiger partial charge on any atom is 0.136 e. The summed E-state index contributed by atoms with van der Waals surface area (Å²) in [5, 5.41) is 13.2. The van der Waals surface area contributed by atoms with E-state index in [1.165, 1.54) is 63.8 Å². The van der Waals surface area contributed by atoms with E-state index < -0.39 is 0 Å². The van der Waals surface area contributed by atoms with E-state index in [4.69, 9.17) is 9.40 Å². The Morgan fingerprint density at radius 3 is 1.98 bits per heavy atom. The minimum atomic E-state index is 0.885. The van der Waals surface area contributed by atoms with Gasteiger partial charge in [0.05, 0.1) is 11.2 Å². The van der Waals surface area contributed by atoms with Crippen molar-refractivity contribution in [1.82, 2.24) is 4.98 Å². The first-order valence-electron chi connectivity index (χ1n) is 18.4. The van der Waals surface area contributed by atoms with Gasteiger partial charge in [0.2, 0.25) is 0 Å². The standard InChI is InChI=1S/C51H29NOS/c1-2-11-34-33(10-1)29-42(37-13-4-3-12-36(34)37)50-41-25-27-46-49(40-15-5-7-18-45(40)53-46)48(41)43-28-32(24-26-44(43)52-50)30-20-22-31(23-21-30)35-16-9-17-39-38-14-6-8-19-47(38)54-51(35)39/h1-29H. The summed E-state index contributed by atoms with van der Waals surface area (Å²) in [6.07, 6.45) is 0. The SMILES string of the molecule is c1ccc2c(c1)cc(-c1nc3ccc(-c4ccc(-c5cccc6c5sc5ccccc56)cc4)cc3c3c1ccc1oc4ccccc4c13)c1ccccc12. The molecule has 2 nitrogen and oxygen atoms in total. The molecule has 12 aromatic rings. The predicted octanol–water partition coefficient (Wildman–Crippen LogP) is 15.0. The van der Waals surface area contributed by atoms with Crippen molar-refractivity contribution in [3.05, 3.63) is 176 Å². The molecule has 54 heavy (non-hydrogen) atoms. The van der Waals surface area contributed by atoms with Crippen molar-refractivity contribution < 1.29 is 4.42 Å². The number of thiophene rings is 1. The molecule has 0 N–H and O–H groups in total. The minimum absolute atomic E-state index is 0.885. The molecule has 250 valence electrons. The van der Waals surface area contributed by atoms with Crippen molar-refractivity contribution in [2.24, 2.45) is 0 Å². The summed E-state index contributed by atoms with van der Waals surface area (Å²) < 4.78 is 9.14. The summed E-state index contributed by atoms with van der Waals surface area (Å²) >= 11 is 1.87. The lowest BCUT2D eigenvalue weighted by Gasteiger charge is -2.15. The van der Waals surface area contributed by atoms with Crippen LogP contribution in [0.25, 0.3) is 119 Å². The number of hydrogen-bond donors (Lipinski definition) is 0. The molecule has 12 rings (SSSR count). The predicted molar refractivity (Wildman–Crippen MR) is 231 cm³/mol. The van der Waals surface area contributed by atoms with Crippen LogP contribution in [-0.4, -0.2) is 4.98 Å². The van der Waals surface area contributed by atoms with E-state index >= 15 is 0 Å². The number of fused-ring (bicyclic) bond motifs is 13. The smallest absolute Gasteiger partial charge is 0.136 e. The van der Waals surface area contributed by atoms with Crippen LogP contribution < -0.4 is 0 Å². The zero-order chi connectivity index (χ0) is 35.3. The molecule has 3 aromatic heterocycles. The van der Waals surface area contributed by atoms with Crippen LogP contribution in [0.2, 0.25) is 0 Å². The van der Waals surface area contributed by atoms with Crippen LogP contribution in [0.3, 0.4) is 0 Å². The topological polar surface area (TPSA) is 26.0 Å². The van der Waals surface area contributed by atoms with E-state index in [0.29, 0.717) is 0 Å². The van der Waals surface area contributed by atoms with E-state index in [9.17, 15) is 0 Å². The number of hydrogen-bond acceptors (Lipinski definition) is 3. The first-order chi connectivity index (χ1) is 26.8. The fraction of sp³-hybridized carbons (Fsp3) is 0. The lowest BCUT2D eigenvalue weighted by Crippen LogP contribution is -1.93. The van der Waals surface area contributed by atoms with Crippen molar-refractivity contribution in [1.29, 1.82) is 0 Å². The summed E-state index contributed by atoms with van der Waals surface area (Å²) in [6.45, 7) is 0. The number of benzene rings is 9. The van der Waals surface area contributed by atoms with Crippen molar-refractivity contribution in [2.45, 2.75) is 0 Å². The lowest BCUT2D eigenvalue weighted by atomic mass is 9.91. The zero-order valence-corrected chi connectivity index (χ0v) is 29.8. The molecule has 0 radical (unpaired) electrons. The van der Waals surface area contributed by atoms with Crippen LogP contribution in [0.1, 0.15) is 0 Å². The Morgan fingerprint density at radius 2 is 1.09 bits per heavy atom. The molecule has 0 spiro atoms. The molecule has 0 saturated heterocycles. The first kappa shape index (κ1) is 29.7. The van der Waals surface area contributed by atoms with Gasteiger partial charge in [-0.25, -0.2) is 4.98 Å². The van der Waals surface area contributed by atoms with E-state index in [1.54, 1.807) is 0 Å². The fourth-order valence-electron chi connectivity index (χ4n) is 8.76. The fourth-order valence-corrected chi connectivity index (χ4v) is 10.00. The van der Waals surface area contributed by atoms with Gasteiger partial charge in [-0.1, -0.05) is 133 Å². The largest absolute Gasteiger partial charge is 0.456 e. The molecule has 0 bridgehead atoms. The highest BCUT2D eigenvalue weighted by atomic mass is 32.1. The quantitative estimate of drug-likeness (QED) is 0.171. The zero-order valence-electron chi connectivity index (χ0n) is 29.0. The molecular weight excluding hydrogens is 675 g/mol. The van der Waals surface area contributed by atoms with Gasteiger partial charge in [-0.15, -0.1) is 11.3 Å². The Labute approximate surface area is 314 Å². The monoisotopic (exact) mass is 703 g/mol. The maximum absolute atomic E-state index is 6.48. The van der Waals surface area contributed by atoms with E-state index in [2.05, 4.69) is 170 Å². The van der Waals surface area contributed by atoms with Crippen molar-refractivity contribution in [3.63, 3.8) is 0 Å². The van der Waals surface area contributed by atoms with E-state index in [1.807, 2.05) is 17.4 Å². The summed E-state index contributed by atoms with van der Waals surface area (Å²) in [4.78, 5) is 5.51. The molecule has 3 heteroatoms. The molecule has 0 aliphatic rings. The minimum Gasteiger partial charge on any atom is -0.456 e. The molecule has 0 amide bonds. The average molecular weight is 704 g/mol. The van der Waals surface area contributed by atoms with Gasteiger partial charge in [0.25, 0.3) is 0 Å². The Balaban J connectivity index is 1.09. The third kappa shape index (κ3) is 4.30. The lowest BCUT2D eigenvalue weighted by molar-refractivity contribution is 0.669. The molecule has 0 aliphatic carbocycles. The van der Waals surface area contributed by atoms with Crippen LogP contribution in [0.5, 0.6) is 0 Å². The van der Waals surface area contributed by atoms with E-state index in [-0.39, 0.29) is 0 Å². The Bertz CT molecular complexity index is 3500. The summed E-state index contributed by atoms with van der Waals surface area (Å²) in [5.74, 6) is 0. The molecule has 0 aliphatic heterocycles. The molecule has 9 aromatic carbocycles. The molecule has 0 saturated carbocycles. The number of aromatic nitrogens is 1. The van der Waals surface area contributed by atoms with Crippen LogP contribution in [-0.2, 0) is 0 Å². The van der Waals surface area contributed by atoms with Crippen LogP contribution >= 0.6 is 11.3 Å². The number of nitrogens with zero attached hydrogens (tertiary/aromatic N) is 1. The second-order valence-corrected chi connectivity index (χ2v) is 15.3. The van der Waals surface area contributed by atoms with Crippen molar-refractivity contribution >= 4 is 96.7 Å². The van der Waals surface area contributed by atoms with Gasteiger partial charge in [0.15, 0.2) is 0 Å². The normalized spacial score (nSPS) is 12.1. The van der Waals surface area contributed by atoms with Gasteiger partial charge >= 0.3 is 0 Å². The van der Waals surface area contributed by atoms with Crippen LogP contribution in [0.15, 0.2) is 180 Å². The van der Waals surface area contributed by atoms with Gasteiger partial charge in [0, 0.05) is 52.7 Å². The Hall–Kier alpha value is -6.81. The highest BCUT2D eigenvalue weighted by molar-refractivity contribution is 7.26.